The summed E-state index contributed by atoms with van der Waals surface area (Å²) in [5.41, 5.74) is 1.70. The molecule has 20 heavy (non-hydrogen) atoms. The van der Waals surface area contributed by atoms with Crippen LogP contribution in [0.4, 0.5) is 0 Å². The highest BCUT2D eigenvalue weighted by molar-refractivity contribution is 8.78. The molecule has 96 valence electrons. The van der Waals surface area contributed by atoms with Crippen LogP contribution in [0.5, 0.6) is 0 Å². The maximum atomic E-state index is 12.6. The van der Waals surface area contributed by atoms with E-state index < -0.39 is 0 Å². The lowest BCUT2D eigenvalue weighted by Gasteiger charge is -2.19. The molecule has 0 spiro atoms. The van der Waals surface area contributed by atoms with Gasteiger partial charge >= 0.3 is 0 Å². The molecule has 2 aromatic rings. The van der Waals surface area contributed by atoms with Crippen molar-refractivity contribution in [1.29, 1.82) is 5.26 Å². The molecular weight excluding hydrogens is 290 g/mol. The summed E-state index contributed by atoms with van der Waals surface area (Å²) in [5, 5.41) is 10.6. The van der Waals surface area contributed by atoms with Crippen molar-refractivity contribution >= 4 is 33.2 Å². The van der Waals surface area contributed by atoms with E-state index in [-0.39, 0.29) is 11.6 Å². The number of carbonyl (C=O) groups is 2. The molecule has 0 bridgehead atoms. The van der Waals surface area contributed by atoms with Gasteiger partial charge in [0.05, 0.1) is 0 Å². The third-order valence-corrected chi connectivity index (χ3v) is 4.77. The molecule has 0 atom stereocenters. The molecule has 0 fully saturated rings. The Bertz CT molecular complexity index is 778. The highest BCUT2D eigenvalue weighted by Gasteiger charge is 2.31. The number of thiocyanates is 1. The van der Waals surface area contributed by atoms with Crippen LogP contribution < -0.4 is 0 Å². The number of benzene rings is 2. The first-order valence-electron chi connectivity index (χ1n) is 5.78. The first kappa shape index (κ1) is 13.0. The fourth-order valence-corrected chi connectivity index (χ4v) is 3.59. The van der Waals surface area contributed by atoms with E-state index in [9.17, 15) is 9.59 Å². The molecule has 0 amide bonds. The van der Waals surface area contributed by atoms with Crippen molar-refractivity contribution in [2.24, 2.45) is 0 Å². The predicted molar refractivity (Wildman–Crippen MR) is 78.8 cm³/mol. The standard InChI is InChI=1S/C15H7NO2S2/c16-8-19-20-12-7-3-6-11-13(12)15(18)10-5-2-1-4-9(10)14(11)17/h1-7H. The summed E-state index contributed by atoms with van der Waals surface area (Å²) in [7, 11) is 2.18. The van der Waals surface area contributed by atoms with Crippen LogP contribution in [-0.2, 0) is 0 Å². The van der Waals surface area contributed by atoms with Gasteiger partial charge in [0.25, 0.3) is 0 Å². The number of hydrogen-bond donors (Lipinski definition) is 0. The number of nitrogens with zero attached hydrogens (tertiary/aromatic N) is 1. The summed E-state index contributed by atoms with van der Waals surface area (Å²) in [6.07, 6.45) is 0. The molecule has 0 unspecified atom stereocenters. The van der Waals surface area contributed by atoms with Crippen molar-refractivity contribution < 1.29 is 9.59 Å². The quantitative estimate of drug-likeness (QED) is 0.533. The van der Waals surface area contributed by atoms with Gasteiger partial charge < -0.3 is 0 Å². The van der Waals surface area contributed by atoms with Gasteiger partial charge in [-0.1, -0.05) is 36.4 Å². The van der Waals surface area contributed by atoms with E-state index in [0.717, 1.165) is 10.8 Å². The Morgan fingerprint density at radius 1 is 0.850 bits per heavy atom. The predicted octanol–water partition coefficient (Wildman–Crippen LogP) is 3.68. The van der Waals surface area contributed by atoms with E-state index in [0.29, 0.717) is 27.1 Å². The van der Waals surface area contributed by atoms with Crippen LogP contribution in [0.15, 0.2) is 47.4 Å². The molecule has 0 aliphatic heterocycles. The highest BCUT2D eigenvalue weighted by atomic mass is 33.1. The lowest BCUT2D eigenvalue weighted by molar-refractivity contribution is 0.0977. The number of fused-ring (bicyclic) bond motifs is 2. The SMILES string of the molecule is N#CSSc1cccc2c1C(=O)c1ccccc1C2=O. The van der Waals surface area contributed by atoms with Crippen LogP contribution in [-0.4, -0.2) is 11.6 Å². The molecule has 1 aliphatic rings. The lowest BCUT2D eigenvalue weighted by atomic mass is 9.84. The minimum absolute atomic E-state index is 0.139. The zero-order valence-electron chi connectivity index (χ0n) is 10.1. The Morgan fingerprint density at radius 3 is 2.20 bits per heavy atom. The molecule has 0 radical (unpaired) electrons. The van der Waals surface area contributed by atoms with Crippen LogP contribution in [0, 0.1) is 10.7 Å². The van der Waals surface area contributed by atoms with Crippen molar-refractivity contribution in [3.05, 3.63) is 64.7 Å². The van der Waals surface area contributed by atoms with E-state index >= 15 is 0 Å². The Morgan fingerprint density at radius 2 is 1.50 bits per heavy atom. The van der Waals surface area contributed by atoms with Crippen LogP contribution in [0.3, 0.4) is 0 Å². The molecule has 2 aromatic carbocycles. The van der Waals surface area contributed by atoms with Crippen molar-refractivity contribution in [3.8, 4) is 5.40 Å². The van der Waals surface area contributed by atoms with Crippen LogP contribution in [0.1, 0.15) is 31.8 Å². The van der Waals surface area contributed by atoms with Crippen LogP contribution >= 0.6 is 21.6 Å². The Hall–Kier alpha value is -2.03. The minimum Gasteiger partial charge on any atom is -0.289 e. The molecule has 1 aliphatic carbocycles. The van der Waals surface area contributed by atoms with Crippen molar-refractivity contribution in [2.45, 2.75) is 4.90 Å². The number of ketones is 2. The summed E-state index contributed by atoms with van der Waals surface area (Å²) in [6, 6.07) is 12.0. The monoisotopic (exact) mass is 297 g/mol. The summed E-state index contributed by atoms with van der Waals surface area (Å²) < 4.78 is 0. The third-order valence-electron chi connectivity index (χ3n) is 3.08. The average Bonchev–Trinajstić information content (AvgIpc) is 2.50. The number of nitriles is 1. The minimum atomic E-state index is -0.156. The van der Waals surface area contributed by atoms with Gasteiger partial charge in [0.2, 0.25) is 0 Å². The van der Waals surface area contributed by atoms with Gasteiger partial charge in [-0.05, 0) is 16.9 Å². The summed E-state index contributed by atoms with van der Waals surface area (Å²) in [5.74, 6) is -0.295. The second-order valence-corrected chi connectivity index (χ2v) is 6.10. The second-order valence-electron chi connectivity index (χ2n) is 4.14. The molecule has 0 aromatic heterocycles. The molecule has 0 saturated carbocycles. The Kier molecular flexibility index (Phi) is 3.35. The number of hydrogen-bond acceptors (Lipinski definition) is 5. The molecular formula is C15H7NO2S2. The lowest BCUT2D eigenvalue weighted by Crippen LogP contribution is -2.21. The summed E-state index contributed by atoms with van der Waals surface area (Å²) in [6.45, 7) is 0. The van der Waals surface area contributed by atoms with E-state index in [4.69, 9.17) is 5.26 Å². The van der Waals surface area contributed by atoms with Gasteiger partial charge in [-0.2, -0.15) is 5.26 Å². The van der Waals surface area contributed by atoms with Gasteiger partial charge in [-0.3, -0.25) is 9.59 Å². The fourth-order valence-electron chi connectivity index (χ4n) is 2.25. The maximum Gasteiger partial charge on any atom is 0.195 e. The molecule has 3 rings (SSSR count). The summed E-state index contributed by atoms with van der Waals surface area (Å²) in [4.78, 5) is 25.7. The highest BCUT2D eigenvalue weighted by Crippen LogP contribution is 2.38. The number of carbonyl (C=O) groups excluding carboxylic acids is 2. The first-order chi connectivity index (χ1) is 9.74. The van der Waals surface area contributed by atoms with E-state index in [1.807, 2.05) is 5.40 Å². The third kappa shape index (κ3) is 1.94. The zero-order valence-corrected chi connectivity index (χ0v) is 11.8. The van der Waals surface area contributed by atoms with E-state index in [1.54, 1.807) is 42.5 Å². The average molecular weight is 297 g/mol. The largest absolute Gasteiger partial charge is 0.289 e. The van der Waals surface area contributed by atoms with Gasteiger partial charge in [0, 0.05) is 37.9 Å². The molecule has 0 N–H and O–H groups in total. The molecule has 0 saturated heterocycles. The van der Waals surface area contributed by atoms with Gasteiger partial charge in [0.15, 0.2) is 11.6 Å². The summed E-state index contributed by atoms with van der Waals surface area (Å²) >= 11 is 0. The van der Waals surface area contributed by atoms with Crippen LogP contribution in [0.2, 0.25) is 0 Å². The molecule has 3 nitrogen and oxygen atoms in total. The van der Waals surface area contributed by atoms with Crippen molar-refractivity contribution in [1.82, 2.24) is 0 Å². The Balaban J connectivity index is 2.21. The number of rotatable bonds is 2. The normalized spacial score (nSPS) is 12.6. The van der Waals surface area contributed by atoms with E-state index in [2.05, 4.69) is 0 Å². The second kappa shape index (κ2) is 5.16. The van der Waals surface area contributed by atoms with Crippen LogP contribution in [0.25, 0.3) is 0 Å². The fraction of sp³-hybridized carbons (Fsp3) is 0. The van der Waals surface area contributed by atoms with Gasteiger partial charge in [-0.15, -0.1) is 0 Å². The maximum absolute atomic E-state index is 12.6. The Labute approximate surface area is 123 Å². The smallest absolute Gasteiger partial charge is 0.195 e. The topological polar surface area (TPSA) is 57.9 Å². The molecule has 0 heterocycles. The van der Waals surface area contributed by atoms with Gasteiger partial charge in [-0.25, -0.2) is 0 Å². The van der Waals surface area contributed by atoms with E-state index in [1.165, 1.54) is 10.8 Å². The van der Waals surface area contributed by atoms with Gasteiger partial charge in [0.1, 0.15) is 5.40 Å². The first-order valence-corrected chi connectivity index (χ1v) is 7.93. The molecule has 5 heteroatoms. The zero-order chi connectivity index (χ0) is 14.1. The van der Waals surface area contributed by atoms with Crippen molar-refractivity contribution in [2.75, 3.05) is 0 Å². The van der Waals surface area contributed by atoms with Crippen molar-refractivity contribution in [3.63, 3.8) is 0 Å².